The summed E-state index contributed by atoms with van der Waals surface area (Å²) in [5.41, 5.74) is 0.0787. The van der Waals surface area contributed by atoms with Crippen molar-refractivity contribution in [2.75, 3.05) is 12.4 Å². The summed E-state index contributed by atoms with van der Waals surface area (Å²) >= 11 is 0. The number of methoxy groups -OCH3 is 1. The maximum absolute atomic E-state index is 12.1. The van der Waals surface area contributed by atoms with Gasteiger partial charge in [-0.1, -0.05) is 12.1 Å². The molecular formula is C11H10F3NO3. The highest BCUT2D eigenvalue weighted by Gasteiger charge is 2.31. The first kappa shape index (κ1) is 13.9. The lowest BCUT2D eigenvalue weighted by Gasteiger charge is -2.12. The van der Waals surface area contributed by atoms with Crippen LogP contribution in [0.25, 0.3) is 0 Å². The van der Waals surface area contributed by atoms with E-state index >= 15 is 0 Å². The van der Waals surface area contributed by atoms with E-state index in [1.807, 2.05) is 0 Å². The van der Waals surface area contributed by atoms with Gasteiger partial charge in [0, 0.05) is 12.3 Å². The zero-order valence-electron chi connectivity index (χ0n) is 9.32. The number of halogens is 3. The number of carbonyl (C=O) groups is 1. The van der Waals surface area contributed by atoms with E-state index < -0.39 is 12.3 Å². The van der Waals surface area contributed by atoms with Crippen molar-refractivity contribution in [3.8, 4) is 5.75 Å². The van der Waals surface area contributed by atoms with Gasteiger partial charge in [-0.15, -0.1) is 13.2 Å². The van der Waals surface area contributed by atoms with Crippen LogP contribution in [0.2, 0.25) is 0 Å². The van der Waals surface area contributed by atoms with Crippen LogP contribution in [0.5, 0.6) is 5.75 Å². The molecule has 4 nitrogen and oxygen atoms in total. The van der Waals surface area contributed by atoms with Crippen LogP contribution in [0.4, 0.5) is 18.9 Å². The number of nitrogens with one attached hydrogen (secondary N) is 1. The molecule has 0 spiro atoms. The van der Waals surface area contributed by atoms with Crippen molar-refractivity contribution in [2.24, 2.45) is 0 Å². The monoisotopic (exact) mass is 261 g/mol. The van der Waals surface area contributed by atoms with Gasteiger partial charge in [0.1, 0.15) is 0 Å². The topological polar surface area (TPSA) is 47.6 Å². The van der Waals surface area contributed by atoms with Gasteiger partial charge in [-0.05, 0) is 12.1 Å². The Kier molecular flexibility index (Phi) is 4.59. The molecule has 0 saturated heterocycles. The average Bonchev–Trinajstić information content (AvgIpc) is 2.29. The minimum absolute atomic E-state index is 0.0787. The average molecular weight is 261 g/mol. The van der Waals surface area contributed by atoms with Crippen molar-refractivity contribution in [3.63, 3.8) is 0 Å². The summed E-state index contributed by atoms with van der Waals surface area (Å²) in [5, 5.41) is 2.49. The largest absolute Gasteiger partial charge is 0.573 e. The Morgan fingerprint density at radius 2 is 2.00 bits per heavy atom. The SMILES string of the molecule is COC(=O)/C=C/Nc1ccccc1OC(F)(F)F. The van der Waals surface area contributed by atoms with E-state index in [9.17, 15) is 18.0 Å². The fourth-order valence-electron chi connectivity index (χ4n) is 1.07. The van der Waals surface area contributed by atoms with Crippen LogP contribution < -0.4 is 10.1 Å². The predicted octanol–water partition coefficient (Wildman–Crippen LogP) is 2.68. The molecule has 0 unspecified atom stereocenters. The predicted molar refractivity (Wildman–Crippen MR) is 57.9 cm³/mol. The molecule has 1 aromatic rings. The molecule has 0 radical (unpaired) electrons. The molecule has 0 bridgehead atoms. The molecule has 18 heavy (non-hydrogen) atoms. The molecule has 0 aliphatic carbocycles. The maximum Gasteiger partial charge on any atom is 0.573 e. The lowest BCUT2D eigenvalue weighted by molar-refractivity contribution is -0.274. The Morgan fingerprint density at radius 3 is 2.61 bits per heavy atom. The molecule has 98 valence electrons. The number of para-hydroxylation sites is 2. The van der Waals surface area contributed by atoms with Crippen LogP contribution in [0.1, 0.15) is 0 Å². The second-order valence-corrected chi connectivity index (χ2v) is 3.04. The Hall–Kier alpha value is -2.18. The fourth-order valence-corrected chi connectivity index (χ4v) is 1.07. The van der Waals surface area contributed by atoms with Crippen molar-refractivity contribution in [3.05, 3.63) is 36.5 Å². The second-order valence-electron chi connectivity index (χ2n) is 3.04. The highest BCUT2D eigenvalue weighted by Crippen LogP contribution is 2.29. The van der Waals surface area contributed by atoms with Crippen molar-refractivity contribution < 1.29 is 27.4 Å². The molecule has 0 fully saturated rings. The van der Waals surface area contributed by atoms with Crippen molar-refractivity contribution in [1.82, 2.24) is 0 Å². The van der Waals surface area contributed by atoms with E-state index in [1.165, 1.54) is 25.3 Å². The molecule has 0 atom stereocenters. The minimum atomic E-state index is -4.77. The Balaban J connectivity index is 2.76. The van der Waals surface area contributed by atoms with Gasteiger partial charge in [-0.2, -0.15) is 0 Å². The lowest BCUT2D eigenvalue weighted by atomic mass is 10.3. The van der Waals surface area contributed by atoms with Gasteiger partial charge in [0.25, 0.3) is 0 Å². The van der Waals surface area contributed by atoms with E-state index in [4.69, 9.17) is 0 Å². The first-order valence-electron chi connectivity index (χ1n) is 4.78. The fraction of sp³-hybridized carbons (Fsp3) is 0.182. The van der Waals surface area contributed by atoms with Crippen LogP contribution in [-0.4, -0.2) is 19.4 Å². The molecule has 0 aliphatic heterocycles. The quantitative estimate of drug-likeness (QED) is 0.668. The summed E-state index contributed by atoms with van der Waals surface area (Å²) in [6, 6.07) is 5.46. The van der Waals surface area contributed by atoms with Crippen LogP contribution in [-0.2, 0) is 9.53 Å². The normalized spacial score (nSPS) is 11.3. The summed E-state index contributed by atoms with van der Waals surface area (Å²) in [6.07, 6.45) is -2.58. The van der Waals surface area contributed by atoms with Gasteiger partial charge in [0.05, 0.1) is 12.8 Å². The third-order valence-electron chi connectivity index (χ3n) is 1.77. The molecular weight excluding hydrogens is 251 g/mol. The second kappa shape index (κ2) is 5.95. The molecule has 0 saturated carbocycles. The molecule has 7 heteroatoms. The highest BCUT2D eigenvalue weighted by molar-refractivity contribution is 5.82. The van der Waals surface area contributed by atoms with Gasteiger partial charge < -0.3 is 14.8 Å². The number of ether oxygens (including phenoxy) is 2. The molecule has 0 amide bonds. The van der Waals surface area contributed by atoms with Gasteiger partial charge in [0.2, 0.25) is 0 Å². The van der Waals surface area contributed by atoms with Gasteiger partial charge in [-0.25, -0.2) is 4.79 Å². The molecule has 0 aromatic heterocycles. The first-order chi connectivity index (χ1) is 8.42. The molecule has 0 aliphatic rings. The Labute approximate surface area is 101 Å². The third-order valence-corrected chi connectivity index (χ3v) is 1.77. The Bertz CT molecular complexity index is 443. The number of benzene rings is 1. The Morgan fingerprint density at radius 1 is 1.33 bits per heavy atom. The lowest BCUT2D eigenvalue weighted by Crippen LogP contribution is -2.17. The number of anilines is 1. The van der Waals surface area contributed by atoms with E-state index in [0.717, 1.165) is 18.3 Å². The summed E-state index contributed by atoms with van der Waals surface area (Å²) < 4.78 is 44.4. The summed E-state index contributed by atoms with van der Waals surface area (Å²) in [7, 11) is 1.19. The van der Waals surface area contributed by atoms with Crippen molar-refractivity contribution >= 4 is 11.7 Å². The van der Waals surface area contributed by atoms with Gasteiger partial charge in [-0.3, -0.25) is 0 Å². The van der Waals surface area contributed by atoms with Crippen LogP contribution in [0, 0.1) is 0 Å². The summed E-state index contributed by atoms with van der Waals surface area (Å²) in [6.45, 7) is 0. The number of hydrogen-bond donors (Lipinski definition) is 1. The third kappa shape index (κ3) is 4.77. The number of esters is 1. The number of alkyl halides is 3. The van der Waals surface area contributed by atoms with E-state index in [0.29, 0.717) is 0 Å². The van der Waals surface area contributed by atoms with E-state index in [2.05, 4.69) is 14.8 Å². The van der Waals surface area contributed by atoms with Crippen LogP contribution in [0.15, 0.2) is 36.5 Å². The maximum atomic E-state index is 12.1. The smallest absolute Gasteiger partial charge is 0.466 e. The van der Waals surface area contributed by atoms with Crippen molar-refractivity contribution in [1.29, 1.82) is 0 Å². The summed E-state index contributed by atoms with van der Waals surface area (Å²) in [5.74, 6) is -1.02. The van der Waals surface area contributed by atoms with Crippen LogP contribution >= 0.6 is 0 Å². The van der Waals surface area contributed by atoms with Gasteiger partial charge in [0.15, 0.2) is 5.75 Å². The molecule has 0 heterocycles. The summed E-state index contributed by atoms with van der Waals surface area (Å²) in [4.78, 5) is 10.8. The number of hydrogen-bond acceptors (Lipinski definition) is 4. The minimum Gasteiger partial charge on any atom is -0.466 e. The first-order valence-corrected chi connectivity index (χ1v) is 4.78. The standard InChI is InChI=1S/C11H10F3NO3/c1-17-10(16)6-7-15-8-4-2-3-5-9(8)18-11(12,13)14/h2-7,15H,1H3/b7-6+. The zero-order chi connectivity index (χ0) is 13.6. The molecule has 1 aromatic carbocycles. The molecule has 1 N–H and O–H groups in total. The zero-order valence-corrected chi connectivity index (χ0v) is 9.32. The van der Waals surface area contributed by atoms with E-state index in [-0.39, 0.29) is 11.4 Å². The van der Waals surface area contributed by atoms with Gasteiger partial charge >= 0.3 is 12.3 Å². The van der Waals surface area contributed by atoms with E-state index in [1.54, 1.807) is 0 Å². The highest BCUT2D eigenvalue weighted by atomic mass is 19.4. The molecule has 1 rings (SSSR count). The van der Waals surface area contributed by atoms with Crippen LogP contribution in [0.3, 0.4) is 0 Å². The number of carbonyl (C=O) groups excluding carboxylic acids is 1. The number of rotatable bonds is 4. The van der Waals surface area contributed by atoms with Crippen molar-refractivity contribution in [2.45, 2.75) is 6.36 Å².